The Kier molecular flexibility index (Phi) is 6.05. The Hall–Kier alpha value is -1.65. The van der Waals surface area contributed by atoms with Gasteiger partial charge in [-0.05, 0) is 48.6 Å². The maximum atomic E-state index is 12.6. The van der Waals surface area contributed by atoms with E-state index in [1.165, 1.54) is 5.56 Å². The van der Waals surface area contributed by atoms with Crippen LogP contribution in [0.5, 0.6) is 0 Å². The molecular formula is C20H22BrNO2. The zero-order chi connectivity index (χ0) is 16.8. The monoisotopic (exact) mass is 387 g/mol. The number of hydrogen-bond acceptors (Lipinski definition) is 2. The van der Waals surface area contributed by atoms with Crippen LogP contribution in [0.1, 0.15) is 28.8 Å². The molecule has 4 heteroatoms. The number of piperidine rings is 1. The molecule has 0 aromatic heterocycles. The molecular weight excluding hydrogens is 366 g/mol. The van der Waals surface area contributed by atoms with Crippen LogP contribution in [0.15, 0.2) is 59.1 Å². The molecule has 3 rings (SSSR count). The van der Waals surface area contributed by atoms with Crippen molar-refractivity contribution in [2.24, 2.45) is 5.92 Å². The molecule has 1 fully saturated rings. The second-order valence-corrected chi connectivity index (χ2v) is 7.18. The van der Waals surface area contributed by atoms with Crippen LogP contribution in [0.2, 0.25) is 0 Å². The highest BCUT2D eigenvalue weighted by molar-refractivity contribution is 9.10. The smallest absolute Gasteiger partial charge is 0.253 e. The van der Waals surface area contributed by atoms with E-state index in [1.54, 1.807) is 0 Å². The lowest BCUT2D eigenvalue weighted by atomic mass is 9.98. The highest BCUT2D eigenvalue weighted by atomic mass is 79.9. The molecule has 0 saturated carbocycles. The lowest BCUT2D eigenvalue weighted by molar-refractivity contribution is 0.0425. The third-order valence-corrected chi connectivity index (χ3v) is 4.89. The first-order valence-corrected chi connectivity index (χ1v) is 9.18. The molecule has 1 aliphatic rings. The Labute approximate surface area is 151 Å². The minimum absolute atomic E-state index is 0.121. The minimum atomic E-state index is 0.121. The molecule has 0 unspecified atom stereocenters. The Balaban J connectivity index is 1.50. The number of ether oxygens (including phenoxy) is 1. The molecule has 3 nitrogen and oxygen atoms in total. The van der Waals surface area contributed by atoms with Gasteiger partial charge in [0, 0.05) is 23.1 Å². The van der Waals surface area contributed by atoms with Crippen LogP contribution in [0.25, 0.3) is 0 Å². The molecule has 1 aliphatic heterocycles. The first kappa shape index (κ1) is 17.2. The van der Waals surface area contributed by atoms with Gasteiger partial charge in [-0.15, -0.1) is 0 Å². The Morgan fingerprint density at radius 2 is 1.88 bits per heavy atom. The fourth-order valence-corrected chi connectivity index (χ4v) is 3.34. The molecule has 1 atom stereocenters. The van der Waals surface area contributed by atoms with E-state index in [-0.39, 0.29) is 5.91 Å². The predicted octanol–water partition coefficient (Wildman–Crippen LogP) is 4.52. The number of carbonyl (C=O) groups excluding carboxylic acids is 1. The molecule has 0 radical (unpaired) electrons. The van der Waals surface area contributed by atoms with Gasteiger partial charge < -0.3 is 9.64 Å². The van der Waals surface area contributed by atoms with Gasteiger partial charge in [-0.1, -0.05) is 46.3 Å². The Morgan fingerprint density at radius 1 is 1.12 bits per heavy atom. The van der Waals surface area contributed by atoms with Gasteiger partial charge in [0.1, 0.15) is 0 Å². The van der Waals surface area contributed by atoms with Gasteiger partial charge in [-0.2, -0.15) is 0 Å². The van der Waals surface area contributed by atoms with E-state index in [9.17, 15) is 4.79 Å². The second-order valence-electron chi connectivity index (χ2n) is 6.27. The topological polar surface area (TPSA) is 29.5 Å². The average Bonchev–Trinajstić information content (AvgIpc) is 2.63. The third kappa shape index (κ3) is 4.68. The fourth-order valence-electron chi connectivity index (χ4n) is 3.08. The van der Waals surface area contributed by atoms with Gasteiger partial charge in [-0.25, -0.2) is 0 Å². The summed E-state index contributed by atoms with van der Waals surface area (Å²) in [7, 11) is 0. The van der Waals surface area contributed by atoms with Crippen LogP contribution in [0.4, 0.5) is 0 Å². The minimum Gasteiger partial charge on any atom is -0.376 e. The molecule has 2 aromatic carbocycles. The van der Waals surface area contributed by atoms with Crippen LogP contribution >= 0.6 is 15.9 Å². The Morgan fingerprint density at radius 3 is 2.62 bits per heavy atom. The van der Waals surface area contributed by atoms with Crippen LogP contribution in [0.3, 0.4) is 0 Å². The molecule has 1 heterocycles. The van der Waals surface area contributed by atoms with Crippen molar-refractivity contribution in [3.63, 3.8) is 0 Å². The first-order chi connectivity index (χ1) is 11.7. The third-order valence-electron chi connectivity index (χ3n) is 4.36. The molecule has 24 heavy (non-hydrogen) atoms. The van der Waals surface area contributed by atoms with Gasteiger partial charge in [0.25, 0.3) is 5.91 Å². The van der Waals surface area contributed by atoms with Crippen LogP contribution in [-0.4, -0.2) is 30.5 Å². The summed E-state index contributed by atoms with van der Waals surface area (Å²) in [6.45, 7) is 2.96. The predicted molar refractivity (Wildman–Crippen MR) is 98.9 cm³/mol. The number of nitrogens with zero attached hydrogens (tertiary/aromatic N) is 1. The van der Waals surface area contributed by atoms with E-state index in [2.05, 4.69) is 28.1 Å². The quantitative estimate of drug-likeness (QED) is 0.754. The largest absolute Gasteiger partial charge is 0.376 e. The van der Waals surface area contributed by atoms with Crippen molar-refractivity contribution in [2.45, 2.75) is 19.4 Å². The molecule has 0 N–H and O–H groups in total. The summed E-state index contributed by atoms with van der Waals surface area (Å²) in [6.07, 6.45) is 2.17. The first-order valence-electron chi connectivity index (χ1n) is 8.39. The summed E-state index contributed by atoms with van der Waals surface area (Å²) in [5, 5.41) is 0. The van der Waals surface area contributed by atoms with E-state index in [1.807, 2.05) is 47.4 Å². The van der Waals surface area contributed by atoms with Crippen LogP contribution in [0, 0.1) is 5.92 Å². The van der Waals surface area contributed by atoms with Gasteiger partial charge in [0.15, 0.2) is 0 Å². The van der Waals surface area contributed by atoms with Gasteiger partial charge in [0.05, 0.1) is 13.2 Å². The van der Waals surface area contributed by atoms with E-state index in [0.717, 1.165) is 36.0 Å². The maximum Gasteiger partial charge on any atom is 0.253 e. The van der Waals surface area contributed by atoms with Crippen molar-refractivity contribution >= 4 is 21.8 Å². The maximum absolute atomic E-state index is 12.6. The van der Waals surface area contributed by atoms with E-state index >= 15 is 0 Å². The molecule has 0 spiro atoms. The number of likely N-dealkylation sites (tertiary alicyclic amines) is 1. The standard InChI is InChI=1S/C20H22BrNO2/c21-19-10-8-18(9-11-19)20(23)22-12-4-7-17(13-22)15-24-14-16-5-2-1-3-6-16/h1-3,5-6,8-11,17H,4,7,12-15H2/t17-/m1/s1. The van der Waals surface area contributed by atoms with Crippen molar-refractivity contribution in [2.75, 3.05) is 19.7 Å². The second kappa shape index (κ2) is 8.45. The van der Waals surface area contributed by atoms with Crippen LogP contribution in [-0.2, 0) is 11.3 Å². The summed E-state index contributed by atoms with van der Waals surface area (Å²) < 4.78 is 6.86. The summed E-state index contributed by atoms with van der Waals surface area (Å²) in [5.41, 5.74) is 1.94. The van der Waals surface area contributed by atoms with Gasteiger partial charge >= 0.3 is 0 Å². The molecule has 1 amide bonds. The average molecular weight is 388 g/mol. The molecule has 0 aliphatic carbocycles. The lowest BCUT2D eigenvalue weighted by Gasteiger charge is -2.32. The van der Waals surface area contributed by atoms with Gasteiger partial charge in [0.2, 0.25) is 0 Å². The SMILES string of the molecule is O=C(c1ccc(Br)cc1)N1CCC[C@@H](COCc2ccccc2)C1. The van der Waals surface area contributed by atoms with Crippen molar-refractivity contribution in [1.82, 2.24) is 4.90 Å². The van der Waals surface area contributed by atoms with Crippen LogP contribution < -0.4 is 0 Å². The van der Waals surface area contributed by atoms with E-state index in [0.29, 0.717) is 19.1 Å². The fraction of sp³-hybridized carbons (Fsp3) is 0.350. The summed E-state index contributed by atoms with van der Waals surface area (Å²) in [5.74, 6) is 0.539. The van der Waals surface area contributed by atoms with E-state index < -0.39 is 0 Å². The summed E-state index contributed by atoms with van der Waals surface area (Å²) in [6, 6.07) is 17.8. The zero-order valence-corrected chi connectivity index (χ0v) is 15.2. The number of benzene rings is 2. The highest BCUT2D eigenvalue weighted by Gasteiger charge is 2.24. The number of rotatable bonds is 5. The Bertz CT molecular complexity index is 657. The molecule has 0 bridgehead atoms. The molecule has 1 saturated heterocycles. The number of hydrogen-bond donors (Lipinski definition) is 0. The summed E-state index contributed by atoms with van der Waals surface area (Å²) in [4.78, 5) is 14.6. The normalized spacial score (nSPS) is 17.7. The van der Waals surface area contributed by atoms with E-state index in [4.69, 9.17) is 4.74 Å². The van der Waals surface area contributed by atoms with Crippen molar-refractivity contribution in [1.29, 1.82) is 0 Å². The van der Waals surface area contributed by atoms with Gasteiger partial charge in [-0.3, -0.25) is 4.79 Å². The number of carbonyl (C=O) groups is 1. The molecule has 2 aromatic rings. The zero-order valence-electron chi connectivity index (χ0n) is 13.7. The molecule has 126 valence electrons. The number of amides is 1. The van der Waals surface area contributed by atoms with Crippen molar-refractivity contribution < 1.29 is 9.53 Å². The lowest BCUT2D eigenvalue weighted by Crippen LogP contribution is -2.41. The number of halogens is 1. The highest BCUT2D eigenvalue weighted by Crippen LogP contribution is 2.20. The summed E-state index contributed by atoms with van der Waals surface area (Å²) >= 11 is 3.41. The van der Waals surface area contributed by atoms with Crippen molar-refractivity contribution in [3.05, 3.63) is 70.2 Å². The van der Waals surface area contributed by atoms with Crippen molar-refractivity contribution in [3.8, 4) is 0 Å².